The van der Waals surface area contributed by atoms with Crippen molar-refractivity contribution < 1.29 is 20.1 Å². The van der Waals surface area contributed by atoms with E-state index in [4.69, 9.17) is 0 Å². The summed E-state index contributed by atoms with van der Waals surface area (Å²) in [6, 6.07) is -0.812. The molecule has 0 aliphatic heterocycles. The van der Waals surface area contributed by atoms with Crippen LogP contribution in [0, 0.1) is 0 Å². The first-order valence-corrected chi connectivity index (χ1v) is 27.7. The molecule has 0 heterocycles. The Bertz CT molecular complexity index is 905. The summed E-state index contributed by atoms with van der Waals surface area (Å²) in [5, 5.41) is 33.3. The zero-order valence-electron chi connectivity index (χ0n) is 41.3. The minimum absolute atomic E-state index is 0.372. The minimum atomic E-state index is -1.10. The Labute approximate surface area is 382 Å². The fraction of sp³-hybridized carbons (Fsp3) is 0.911. The molecule has 0 aromatic heterocycles. The molecule has 0 fully saturated rings. The first kappa shape index (κ1) is 59.8. The van der Waals surface area contributed by atoms with Gasteiger partial charge in [-0.2, -0.15) is 0 Å². The highest BCUT2D eigenvalue weighted by molar-refractivity contribution is 5.80. The molecule has 362 valence electrons. The molecule has 0 aromatic carbocycles. The van der Waals surface area contributed by atoms with Gasteiger partial charge in [-0.3, -0.25) is 4.79 Å². The van der Waals surface area contributed by atoms with Gasteiger partial charge in [0.15, 0.2) is 0 Å². The summed E-state index contributed by atoms with van der Waals surface area (Å²) in [4.78, 5) is 12.5. The van der Waals surface area contributed by atoms with Gasteiger partial charge in [0.25, 0.3) is 0 Å². The second-order valence-corrected chi connectivity index (χ2v) is 19.1. The number of nitrogens with one attached hydrogen (secondary N) is 1. The number of unbranched alkanes of at least 4 members (excludes halogenated alkanes) is 41. The van der Waals surface area contributed by atoms with Crippen molar-refractivity contribution in [3.8, 4) is 0 Å². The van der Waals surface area contributed by atoms with Gasteiger partial charge in [0.2, 0.25) is 5.91 Å². The second-order valence-electron chi connectivity index (χ2n) is 19.1. The number of allylic oxidation sites excluding steroid dienone is 3. The maximum atomic E-state index is 12.5. The van der Waals surface area contributed by atoms with Crippen LogP contribution in [0.2, 0.25) is 0 Å². The summed E-state index contributed by atoms with van der Waals surface area (Å²) in [6.45, 7) is 4.21. The summed E-state index contributed by atoms with van der Waals surface area (Å²) in [5.41, 5.74) is 0. The third-order valence-electron chi connectivity index (χ3n) is 13.0. The van der Waals surface area contributed by atoms with Crippen LogP contribution in [0.5, 0.6) is 0 Å². The Morgan fingerprint density at radius 3 is 1.00 bits per heavy atom. The van der Waals surface area contributed by atoms with Gasteiger partial charge in [0.1, 0.15) is 6.10 Å². The molecule has 0 aromatic rings. The smallest absolute Gasteiger partial charge is 0.249 e. The molecule has 3 unspecified atom stereocenters. The van der Waals surface area contributed by atoms with Crippen LogP contribution >= 0.6 is 0 Å². The summed E-state index contributed by atoms with van der Waals surface area (Å²) in [6.07, 6.45) is 65.4. The number of carbonyl (C=O) groups is 1. The van der Waals surface area contributed by atoms with Crippen LogP contribution in [-0.2, 0) is 4.79 Å². The maximum absolute atomic E-state index is 12.5. The first-order chi connectivity index (χ1) is 30.1. The highest BCUT2D eigenvalue weighted by Crippen LogP contribution is 2.18. The van der Waals surface area contributed by atoms with Gasteiger partial charge in [0, 0.05) is 0 Å². The topological polar surface area (TPSA) is 89.8 Å². The molecule has 0 saturated carbocycles. The molecule has 61 heavy (non-hydrogen) atoms. The molecule has 0 rings (SSSR count). The lowest BCUT2D eigenvalue weighted by Gasteiger charge is -2.21. The van der Waals surface area contributed by atoms with Crippen LogP contribution < -0.4 is 5.32 Å². The van der Waals surface area contributed by atoms with E-state index in [2.05, 4.69) is 31.3 Å². The summed E-state index contributed by atoms with van der Waals surface area (Å²) >= 11 is 0. The first-order valence-electron chi connectivity index (χ1n) is 27.7. The van der Waals surface area contributed by atoms with Crippen molar-refractivity contribution in [3.63, 3.8) is 0 Å². The maximum Gasteiger partial charge on any atom is 0.249 e. The molecule has 5 heteroatoms. The van der Waals surface area contributed by atoms with E-state index in [1.807, 2.05) is 6.08 Å². The summed E-state index contributed by atoms with van der Waals surface area (Å²) < 4.78 is 0. The third kappa shape index (κ3) is 46.6. The number of hydrogen-bond acceptors (Lipinski definition) is 4. The van der Waals surface area contributed by atoms with Crippen LogP contribution in [0.4, 0.5) is 0 Å². The van der Waals surface area contributed by atoms with Crippen molar-refractivity contribution in [2.45, 2.75) is 321 Å². The third-order valence-corrected chi connectivity index (χ3v) is 13.0. The lowest BCUT2D eigenvalue weighted by atomic mass is 10.0. The number of hydrogen-bond donors (Lipinski definition) is 4. The highest BCUT2D eigenvalue weighted by Gasteiger charge is 2.22. The molecule has 1 amide bonds. The van der Waals surface area contributed by atoms with Gasteiger partial charge in [-0.05, 0) is 32.1 Å². The van der Waals surface area contributed by atoms with E-state index in [0.717, 1.165) is 38.5 Å². The van der Waals surface area contributed by atoms with E-state index < -0.39 is 24.2 Å². The molecule has 0 radical (unpaired) electrons. The zero-order chi connectivity index (χ0) is 44.4. The molecule has 4 N–H and O–H groups in total. The average molecular weight is 860 g/mol. The van der Waals surface area contributed by atoms with Gasteiger partial charge in [-0.15, -0.1) is 0 Å². The van der Waals surface area contributed by atoms with Gasteiger partial charge in [-0.1, -0.05) is 295 Å². The monoisotopic (exact) mass is 860 g/mol. The summed E-state index contributed by atoms with van der Waals surface area (Å²) in [5.74, 6) is -0.507. The fourth-order valence-electron chi connectivity index (χ4n) is 8.73. The number of carbonyl (C=O) groups excluding carboxylic acids is 1. The number of aliphatic hydroxyl groups excluding tert-OH is 3. The Hall–Kier alpha value is -1.17. The van der Waals surface area contributed by atoms with Crippen molar-refractivity contribution in [2.24, 2.45) is 0 Å². The number of rotatable bonds is 51. The fourth-order valence-corrected chi connectivity index (χ4v) is 8.73. The highest BCUT2D eigenvalue weighted by atomic mass is 16.3. The van der Waals surface area contributed by atoms with Gasteiger partial charge in [0.05, 0.1) is 18.8 Å². The lowest BCUT2D eigenvalue weighted by Crippen LogP contribution is -2.48. The van der Waals surface area contributed by atoms with E-state index in [1.165, 1.54) is 244 Å². The van der Waals surface area contributed by atoms with Crippen molar-refractivity contribution in [3.05, 3.63) is 24.3 Å². The largest absolute Gasteiger partial charge is 0.394 e. The molecule has 0 bridgehead atoms. The van der Waals surface area contributed by atoms with Crippen molar-refractivity contribution in [1.29, 1.82) is 0 Å². The van der Waals surface area contributed by atoms with E-state index in [1.54, 1.807) is 6.08 Å². The zero-order valence-corrected chi connectivity index (χ0v) is 41.3. The van der Waals surface area contributed by atoms with Crippen LogP contribution in [-0.4, -0.2) is 46.1 Å². The SMILES string of the molecule is CCCCCCCCCCCCCCCCC/C=C/CC/C=C/C(O)C(CO)NC(=O)C(O)CCCCCCCCCCCCCCCCCCCCCCCCCCCC. The average Bonchev–Trinajstić information content (AvgIpc) is 3.26. The number of amides is 1. The van der Waals surface area contributed by atoms with Crippen molar-refractivity contribution in [1.82, 2.24) is 5.32 Å². The Morgan fingerprint density at radius 2 is 0.672 bits per heavy atom. The van der Waals surface area contributed by atoms with Crippen LogP contribution in [0.3, 0.4) is 0 Å². The Balaban J connectivity index is 3.58. The standard InChI is InChI=1S/C56H109NO4/c1-3-5-7-9-11-13-15-17-19-21-23-25-26-27-28-29-31-33-35-37-39-41-43-45-47-49-51-55(60)56(61)57-53(52-58)54(59)50-48-46-44-42-40-38-36-34-32-30-24-22-20-18-16-14-12-10-8-6-4-2/h40,42,48,50,53-55,58-60H,3-39,41,43-47,49,51-52H2,1-2H3,(H,57,61)/b42-40+,50-48+. The Kier molecular flexibility index (Phi) is 50.5. The molecule has 5 nitrogen and oxygen atoms in total. The van der Waals surface area contributed by atoms with Crippen LogP contribution in [0.1, 0.15) is 303 Å². The van der Waals surface area contributed by atoms with Gasteiger partial charge < -0.3 is 20.6 Å². The molecular formula is C56H109NO4. The molecule has 0 aliphatic carbocycles. The quantitative estimate of drug-likeness (QED) is 0.0362. The van der Waals surface area contributed by atoms with Crippen molar-refractivity contribution >= 4 is 5.91 Å². The lowest BCUT2D eigenvalue weighted by molar-refractivity contribution is -0.131. The van der Waals surface area contributed by atoms with E-state index in [0.29, 0.717) is 6.42 Å². The normalized spacial score (nSPS) is 13.5. The second kappa shape index (κ2) is 51.5. The Morgan fingerprint density at radius 1 is 0.393 bits per heavy atom. The molecule has 0 spiro atoms. The molecular weight excluding hydrogens is 751 g/mol. The van der Waals surface area contributed by atoms with Crippen LogP contribution in [0.25, 0.3) is 0 Å². The van der Waals surface area contributed by atoms with Crippen LogP contribution in [0.15, 0.2) is 24.3 Å². The van der Waals surface area contributed by atoms with E-state index in [-0.39, 0.29) is 6.61 Å². The predicted molar refractivity (Wildman–Crippen MR) is 268 cm³/mol. The molecule has 0 aliphatic rings. The van der Waals surface area contributed by atoms with Crippen molar-refractivity contribution in [2.75, 3.05) is 6.61 Å². The summed E-state index contributed by atoms with van der Waals surface area (Å²) in [7, 11) is 0. The predicted octanol–water partition coefficient (Wildman–Crippen LogP) is 16.9. The van der Waals surface area contributed by atoms with Gasteiger partial charge >= 0.3 is 0 Å². The molecule has 3 atom stereocenters. The van der Waals surface area contributed by atoms with E-state index in [9.17, 15) is 20.1 Å². The van der Waals surface area contributed by atoms with Gasteiger partial charge in [-0.25, -0.2) is 0 Å². The minimum Gasteiger partial charge on any atom is -0.394 e. The molecule has 0 saturated heterocycles. The van der Waals surface area contributed by atoms with E-state index >= 15 is 0 Å². The number of aliphatic hydroxyl groups is 3.